The van der Waals surface area contributed by atoms with Crippen LogP contribution in [0.2, 0.25) is 0 Å². The molecule has 5 nitrogen and oxygen atoms in total. The Balaban J connectivity index is 1.50. The number of likely N-dealkylation sites (tertiary alicyclic amines) is 2. The van der Waals surface area contributed by atoms with Crippen LogP contribution in [0.1, 0.15) is 24.8 Å². The van der Waals surface area contributed by atoms with E-state index >= 15 is 0 Å². The molecule has 0 amide bonds. The first kappa shape index (κ1) is 13.1. The van der Waals surface area contributed by atoms with Crippen molar-refractivity contribution in [3.8, 4) is 0 Å². The third-order valence-corrected chi connectivity index (χ3v) is 4.50. The Kier molecular flexibility index (Phi) is 3.86. The highest BCUT2D eigenvalue weighted by Crippen LogP contribution is 2.21. The molecule has 1 unspecified atom stereocenters. The first-order valence-electron chi connectivity index (χ1n) is 7.40. The zero-order valence-corrected chi connectivity index (χ0v) is 11.8. The van der Waals surface area contributed by atoms with Crippen LogP contribution in [0.4, 0.5) is 0 Å². The van der Waals surface area contributed by atoms with Crippen molar-refractivity contribution in [1.82, 2.24) is 19.6 Å². The standard InChI is InChI=1S/C14H25N5/c1-17-9-12(8-16-17)10-18-5-4-14(11-18)19-6-2-13(15)3-7-19/h8-9,13-14H,2-7,10-11,15H2,1H3. The van der Waals surface area contributed by atoms with Crippen LogP contribution in [0.15, 0.2) is 12.4 Å². The lowest BCUT2D eigenvalue weighted by Crippen LogP contribution is -2.46. The molecule has 1 aromatic rings. The Hall–Kier alpha value is -0.910. The van der Waals surface area contributed by atoms with Gasteiger partial charge in [-0.15, -0.1) is 0 Å². The number of nitrogens with two attached hydrogens (primary N) is 1. The quantitative estimate of drug-likeness (QED) is 0.858. The largest absolute Gasteiger partial charge is 0.328 e. The molecule has 1 atom stereocenters. The van der Waals surface area contributed by atoms with Gasteiger partial charge in [-0.05, 0) is 32.4 Å². The molecule has 2 aliphatic rings. The molecule has 106 valence electrons. The molecule has 3 rings (SSSR count). The SMILES string of the molecule is Cn1cc(CN2CCC(N3CCC(N)CC3)C2)cn1. The molecule has 2 aliphatic heterocycles. The number of nitrogens with zero attached hydrogens (tertiary/aromatic N) is 4. The molecular weight excluding hydrogens is 238 g/mol. The van der Waals surface area contributed by atoms with E-state index in [1.165, 1.54) is 51.0 Å². The summed E-state index contributed by atoms with van der Waals surface area (Å²) in [6.07, 6.45) is 7.73. The maximum atomic E-state index is 5.98. The second kappa shape index (κ2) is 5.61. The van der Waals surface area contributed by atoms with Gasteiger partial charge in [0.1, 0.15) is 0 Å². The lowest BCUT2D eigenvalue weighted by molar-refractivity contribution is 0.151. The fourth-order valence-electron chi connectivity index (χ4n) is 3.35. The van der Waals surface area contributed by atoms with Crippen molar-refractivity contribution in [2.75, 3.05) is 26.2 Å². The van der Waals surface area contributed by atoms with Crippen LogP contribution in [0.3, 0.4) is 0 Å². The van der Waals surface area contributed by atoms with Crippen LogP contribution in [0, 0.1) is 0 Å². The molecule has 5 heteroatoms. The van der Waals surface area contributed by atoms with E-state index in [4.69, 9.17) is 5.73 Å². The summed E-state index contributed by atoms with van der Waals surface area (Å²) in [6, 6.07) is 1.17. The summed E-state index contributed by atoms with van der Waals surface area (Å²) in [6.45, 7) is 5.82. The summed E-state index contributed by atoms with van der Waals surface area (Å²) in [5.41, 5.74) is 7.30. The van der Waals surface area contributed by atoms with Crippen molar-refractivity contribution in [2.24, 2.45) is 12.8 Å². The smallest absolute Gasteiger partial charge is 0.0534 e. The van der Waals surface area contributed by atoms with E-state index in [9.17, 15) is 0 Å². The summed E-state index contributed by atoms with van der Waals surface area (Å²) in [4.78, 5) is 5.20. The summed E-state index contributed by atoms with van der Waals surface area (Å²) in [5, 5.41) is 4.24. The Morgan fingerprint density at radius 3 is 2.74 bits per heavy atom. The predicted octanol–water partition coefficient (Wildman–Crippen LogP) is 0.418. The second-order valence-electron chi connectivity index (χ2n) is 6.07. The number of hydrogen-bond donors (Lipinski definition) is 1. The van der Waals surface area contributed by atoms with Gasteiger partial charge in [0.15, 0.2) is 0 Å². The number of rotatable bonds is 3. The molecule has 3 heterocycles. The van der Waals surface area contributed by atoms with E-state index < -0.39 is 0 Å². The van der Waals surface area contributed by atoms with Crippen molar-refractivity contribution in [3.63, 3.8) is 0 Å². The van der Waals surface area contributed by atoms with Crippen LogP contribution < -0.4 is 5.73 Å². The Morgan fingerprint density at radius 1 is 1.26 bits per heavy atom. The van der Waals surface area contributed by atoms with Crippen LogP contribution >= 0.6 is 0 Å². The first-order chi connectivity index (χ1) is 9.20. The molecule has 2 saturated heterocycles. The highest BCUT2D eigenvalue weighted by Gasteiger charge is 2.29. The average Bonchev–Trinajstić information content (AvgIpc) is 3.00. The molecule has 2 N–H and O–H groups in total. The van der Waals surface area contributed by atoms with Gasteiger partial charge in [-0.3, -0.25) is 14.5 Å². The minimum Gasteiger partial charge on any atom is -0.328 e. The molecule has 1 aromatic heterocycles. The van der Waals surface area contributed by atoms with E-state index in [1.807, 2.05) is 17.9 Å². The minimum atomic E-state index is 0.434. The predicted molar refractivity (Wildman–Crippen MR) is 75.7 cm³/mol. The average molecular weight is 263 g/mol. The number of piperidine rings is 1. The van der Waals surface area contributed by atoms with E-state index in [0.717, 1.165) is 12.6 Å². The van der Waals surface area contributed by atoms with E-state index in [-0.39, 0.29) is 0 Å². The molecule has 0 saturated carbocycles. The van der Waals surface area contributed by atoms with Crippen molar-refractivity contribution < 1.29 is 0 Å². The Labute approximate surface area is 115 Å². The highest BCUT2D eigenvalue weighted by molar-refractivity contribution is 5.04. The first-order valence-corrected chi connectivity index (χ1v) is 7.40. The summed E-state index contributed by atoms with van der Waals surface area (Å²) in [7, 11) is 1.98. The zero-order valence-electron chi connectivity index (χ0n) is 11.8. The van der Waals surface area contributed by atoms with Gasteiger partial charge in [0.25, 0.3) is 0 Å². The monoisotopic (exact) mass is 263 g/mol. The van der Waals surface area contributed by atoms with Crippen LogP contribution in [0.25, 0.3) is 0 Å². The van der Waals surface area contributed by atoms with E-state index in [2.05, 4.69) is 21.1 Å². The molecule has 0 radical (unpaired) electrons. The highest BCUT2D eigenvalue weighted by atomic mass is 15.3. The summed E-state index contributed by atoms with van der Waals surface area (Å²) in [5.74, 6) is 0. The van der Waals surface area contributed by atoms with Crippen molar-refractivity contribution in [3.05, 3.63) is 18.0 Å². The molecule has 0 bridgehead atoms. The van der Waals surface area contributed by atoms with Crippen molar-refractivity contribution in [1.29, 1.82) is 0 Å². The summed E-state index contributed by atoms with van der Waals surface area (Å²) >= 11 is 0. The fourth-order valence-corrected chi connectivity index (χ4v) is 3.35. The molecular formula is C14H25N5. The van der Waals surface area contributed by atoms with Gasteiger partial charge in [-0.1, -0.05) is 0 Å². The second-order valence-corrected chi connectivity index (χ2v) is 6.07. The van der Waals surface area contributed by atoms with Gasteiger partial charge in [-0.2, -0.15) is 5.10 Å². The molecule has 19 heavy (non-hydrogen) atoms. The fraction of sp³-hybridized carbons (Fsp3) is 0.786. The van der Waals surface area contributed by atoms with Crippen LogP contribution in [-0.4, -0.2) is 57.8 Å². The van der Waals surface area contributed by atoms with Gasteiger partial charge in [0, 0.05) is 50.5 Å². The van der Waals surface area contributed by atoms with Crippen LogP contribution in [-0.2, 0) is 13.6 Å². The number of aryl methyl sites for hydroxylation is 1. The van der Waals surface area contributed by atoms with Gasteiger partial charge in [0.05, 0.1) is 6.20 Å². The Bertz CT molecular complexity index is 408. The number of aromatic nitrogens is 2. The Morgan fingerprint density at radius 2 is 2.05 bits per heavy atom. The van der Waals surface area contributed by atoms with Crippen molar-refractivity contribution in [2.45, 2.75) is 37.9 Å². The lowest BCUT2D eigenvalue weighted by Gasteiger charge is -2.34. The molecule has 0 spiro atoms. The van der Waals surface area contributed by atoms with E-state index in [0.29, 0.717) is 6.04 Å². The third kappa shape index (κ3) is 3.16. The topological polar surface area (TPSA) is 50.3 Å². The lowest BCUT2D eigenvalue weighted by atomic mass is 10.0. The van der Waals surface area contributed by atoms with E-state index in [1.54, 1.807) is 0 Å². The van der Waals surface area contributed by atoms with Gasteiger partial charge >= 0.3 is 0 Å². The molecule has 0 aliphatic carbocycles. The van der Waals surface area contributed by atoms with Gasteiger partial charge in [0.2, 0.25) is 0 Å². The van der Waals surface area contributed by atoms with Crippen molar-refractivity contribution >= 4 is 0 Å². The minimum absolute atomic E-state index is 0.434. The molecule has 2 fully saturated rings. The third-order valence-electron chi connectivity index (χ3n) is 4.50. The maximum Gasteiger partial charge on any atom is 0.0534 e. The molecule has 0 aromatic carbocycles. The number of hydrogen-bond acceptors (Lipinski definition) is 4. The normalized spacial score (nSPS) is 27.2. The zero-order chi connectivity index (χ0) is 13.2. The van der Waals surface area contributed by atoms with Gasteiger partial charge in [-0.25, -0.2) is 0 Å². The van der Waals surface area contributed by atoms with Gasteiger partial charge < -0.3 is 5.73 Å². The van der Waals surface area contributed by atoms with Crippen LogP contribution in [0.5, 0.6) is 0 Å². The summed E-state index contributed by atoms with van der Waals surface area (Å²) < 4.78 is 1.88. The maximum absolute atomic E-state index is 5.98.